The van der Waals surface area contributed by atoms with Crippen LogP contribution in [0.4, 0.5) is 0 Å². The van der Waals surface area contributed by atoms with Gasteiger partial charge in [0.25, 0.3) is 5.91 Å². The van der Waals surface area contributed by atoms with Crippen LogP contribution in [-0.4, -0.2) is 26.6 Å². The molecule has 0 heterocycles. The first-order valence-electron chi connectivity index (χ1n) is 3.07. The molecule has 3 N–H and O–H groups in total. The second-order valence-corrected chi connectivity index (χ2v) is 4.00. The maximum absolute atomic E-state index is 10.8. The fourth-order valence-corrected chi connectivity index (χ4v) is 0.995. The van der Waals surface area contributed by atoms with Crippen molar-refractivity contribution in [1.29, 1.82) is 0 Å². The monoisotopic (exact) mass is 190 g/mol. The van der Waals surface area contributed by atoms with Crippen molar-refractivity contribution in [3.05, 3.63) is 0 Å². The lowest BCUT2D eigenvalue weighted by Crippen LogP contribution is -2.42. The van der Waals surface area contributed by atoms with E-state index in [9.17, 15) is 13.2 Å². The molecule has 0 saturated heterocycles. The van der Waals surface area contributed by atoms with Gasteiger partial charge in [0.05, 0.1) is 12.3 Å². The summed E-state index contributed by atoms with van der Waals surface area (Å²) in [6.07, 6.45) is 5.76. The van der Waals surface area contributed by atoms with Crippen molar-refractivity contribution in [1.82, 2.24) is 4.72 Å². The van der Waals surface area contributed by atoms with Crippen molar-refractivity contribution in [3.63, 3.8) is 0 Å². The zero-order chi connectivity index (χ0) is 9.78. The summed E-state index contributed by atoms with van der Waals surface area (Å²) in [5, 5.41) is 0. The number of amides is 1. The van der Waals surface area contributed by atoms with E-state index in [1.54, 1.807) is 4.72 Å². The number of nitrogens with one attached hydrogen (secondary N) is 1. The van der Waals surface area contributed by atoms with Gasteiger partial charge in [0, 0.05) is 6.42 Å². The van der Waals surface area contributed by atoms with Gasteiger partial charge in [-0.25, -0.2) is 8.42 Å². The Morgan fingerprint density at radius 3 is 2.58 bits per heavy atom. The zero-order valence-electron chi connectivity index (χ0n) is 6.57. The molecule has 5 nitrogen and oxygen atoms in total. The SMILES string of the molecule is C#CCC(N)C(=O)NS(C)(=O)=O. The molecule has 0 aromatic rings. The van der Waals surface area contributed by atoms with Crippen molar-refractivity contribution in [2.24, 2.45) is 5.73 Å². The summed E-state index contributed by atoms with van der Waals surface area (Å²) in [4.78, 5) is 10.8. The number of nitrogens with two attached hydrogens (primary N) is 1. The predicted octanol–water partition coefficient (Wildman–Crippen LogP) is -1.59. The maximum Gasteiger partial charge on any atom is 0.251 e. The smallest absolute Gasteiger partial charge is 0.251 e. The largest absolute Gasteiger partial charge is 0.319 e. The van der Waals surface area contributed by atoms with Crippen molar-refractivity contribution >= 4 is 15.9 Å². The highest BCUT2D eigenvalue weighted by atomic mass is 32.2. The van der Waals surface area contributed by atoms with Gasteiger partial charge >= 0.3 is 0 Å². The van der Waals surface area contributed by atoms with E-state index >= 15 is 0 Å². The molecule has 0 bridgehead atoms. The molecule has 68 valence electrons. The molecule has 0 aliphatic carbocycles. The van der Waals surface area contributed by atoms with Gasteiger partial charge in [0.1, 0.15) is 0 Å². The number of sulfonamides is 1. The molecule has 0 spiro atoms. The summed E-state index contributed by atoms with van der Waals surface area (Å²) >= 11 is 0. The second-order valence-electron chi connectivity index (χ2n) is 2.25. The van der Waals surface area contributed by atoms with Gasteiger partial charge < -0.3 is 5.73 Å². The van der Waals surface area contributed by atoms with Crippen LogP contribution in [0.2, 0.25) is 0 Å². The molecule has 0 radical (unpaired) electrons. The molecule has 0 aromatic heterocycles. The average Bonchev–Trinajstić information content (AvgIpc) is 1.84. The van der Waals surface area contributed by atoms with Crippen molar-refractivity contribution in [2.45, 2.75) is 12.5 Å². The van der Waals surface area contributed by atoms with Crippen LogP contribution in [0.1, 0.15) is 6.42 Å². The normalized spacial score (nSPS) is 13.1. The number of terminal acetylenes is 1. The van der Waals surface area contributed by atoms with Crippen LogP contribution in [0.3, 0.4) is 0 Å². The van der Waals surface area contributed by atoms with E-state index in [1.165, 1.54) is 0 Å². The molecular formula is C6H10N2O3S. The quantitative estimate of drug-likeness (QED) is 0.525. The Morgan fingerprint density at radius 1 is 1.75 bits per heavy atom. The molecule has 0 saturated carbocycles. The van der Waals surface area contributed by atoms with Crippen LogP contribution in [0.5, 0.6) is 0 Å². The van der Waals surface area contributed by atoms with Gasteiger partial charge in [-0.15, -0.1) is 12.3 Å². The summed E-state index contributed by atoms with van der Waals surface area (Å²) in [5.41, 5.74) is 5.22. The fourth-order valence-electron chi connectivity index (χ4n) is 0.478. The zero-order valence-corrected chi connectivity index (χ0v) is 7.39. The van der Waals surface area contributed by atoms with Gasteiger partial charge in [-0.05, 0) is 0 Å². The van der Waals surface area contributed by atoms with Crippen LogP contribution in [0.15, 0.2) is 0 Å². The van der Waals surface area contributed by atoms with Crippen molar-refractivity contribution in [2.75, 3.05) is 6.26 Å². The van der Waals surface area contributed by atoms with Crippen molar-refractivity contribution < 1.29 is 13.2 Å². The van der Waals surface area contributed by atoms with E-state index in [0.29, 0.717) is 0 Å². The number of carbonyl (C=O) groups excluding carboxylic acids is 1. The van der Waals surface area contributed by atoms with Crippen LogP contribution in [-0.2, 0) is 14.8 Å². The van der Waals surface area contributed by atoms with Crippen LogP contribution < -0.4 is 10.5 Å². The number of carbonyl (C=O) groups is 1. The summed E-state index contributed by atoms with van der Waals surface area (Å²) in [5.74, 6) is 1.37. The van der Waals surface area contributed by atoms with Crippen LogP contribution in [0.25, 0.3) is 0 Å². The first-order chi connectivity index (χ1) is 5.37. The molecule has 0 fully saturated rings. The Balaban J connectivity index is 4.17. The number of rotatable bonds is 3. The lowest BCUT2D eigenvalue weighted by molar-refractivity contribution is -0.120. The highest BCUT2D eigenvalue weighted by Crippen LogP contribution is 1.87. The highest BCUT2D eigenvalue weighted by Gasteiger charge is 2.15. The topological polar surface area (TPSA) is 89.3 Å². The maximum atomic E-state index is 10.8. The number of hydrogen-bond donors (Lipinski definition) is 2. The minimum Gasteiger partial charge on any atom is -0.319 e. The third-order valence-electron chi connectivity index (χ3n) is 0.961. The van der Waals surface area contributed by atoms with Crippen LogP contribution >= 0.6 is 0 Å². The van der Waals surface area contributed by atoms with Crippen molar-refractivity contribution in [3.8, 4) is 12.3 Å². The summed E-state index contributed by atoms with van der Waals surface area (Å²) < 4.78 is 22.7. The Morgan fingerprint density at radius 2 is 2.25 bits per heavy atom. The molecule has 0 aliphatic heterocycles. The molecule has 6 heteroatoms. The standard InChI is InChI=1S/C6H10N2O3S/c1-3-4-5(7)6(9)8-12(2,10)11/h1,5H,4,7H2,2H3,(H,8,9). The van der Waals surface area contributed by atoms with E-state index < -0.39 is 22.0 Å². The van der Waals surface area contributed by atoms with Gasteiger partial charge in [0.15, 0.2) is 0 Å². The molecular weight excluding hydrogens is 180 g/mol. The van der Waals surface area contributed by atoms with E-state index in [1.807, 2.05) is 0 Å². The average molecular weight is 190 g/mol. The lowest BCUT2D eigenvalue weighted by atomic mass is 10.2. The molecule has 1 unspecified atom stereocenters. The van der Waals surface area contributed by atoms with Gasteiger partial charge in [-0.2, -0.15) is 0 Å². The minimum atomic E-state index is -3.53. The Kier molecular flexibility index (Phi) is 3.73. The third-order valence-corrected chi connectivity index (χ3v) is 1.53. The van der Waals surface area contributed by atoms with Gasteiger partial charge in [0.2, 0.25) is 10.0 Å². The van der Waals surface area contributed by atoms with E-state index in [0.717, 1.165) is 6.26 Å². The Labute approximate surface area is 71.4 Å². The molecule has 0 aliphatic rings. The fraction of sp³-hybridized carbons (Fsp3) is 0.500. The second kappa shape index (κ2) is 4.09. The molecule has 1 amide bonds. The Bertz CT molecular complexity index is 301. The summed E-state index contributed by atoms with van der Waals surface area (Å²) in [6, 6.07) is -0.968. The molecule has 0 rings (SSSR count). The summed E-state index contributed by atoms with van der Waals surface area (Å²) in [7, 11) is -3.53. The first kappa shape index (κ1) is 10.9. The predicted molar refractivity (Wildman–Crippen MR) is 44.4 cm³/mol. The molecule has 1 atom stereocenters. The molecule has 0 aromatic carbocycles. The van der Waals surface area contributed by atoms with E-state index in [2.05, 4.69) is 5.92 Å². The Hall–Kier alpha value is -1.06. The van der Waals surface area contributed by atoms with Gasteiger partial charge in [-0.1, -0.05) is 0 Å². The summed E-state index contributed by atoms with van der Waals surface area (Å²) in [6.45, 7) is 0. The van der Waals surface area contributed by atoms with Crippen LogP contribution in [0, 0.1) is 12.3 Å². The molecule has 12 heavy (non-hydrogen) atoms. The minimum absolute atomic E-state index is 0.0152. The number of hydrogen-bond acceptors (Lipinski definition) is 4. The third kappa shape index (κ3) is 4.71. The van der Waals surface area contributed by atoms with Gasteiger partial charge in [-0.3, -0.25) is 9.52 Å². The van der Waals surface area contributed by atoms with E-state index in [4.69, 9.17) is 12.2 Å². The lowest BCUT2D eigenvalue weighted by Gasteiger charge is -2.06. The van der Waals surface area contributed by atoms with E-state index in [-0.39, 0.29) is 6.42 Å². The first-order valence-corrected chi connectivity index (χ1v) is 4.96. The highest BCUT2D eigenvalue weighted by molar-refractivity contribution is 7.89.